The van der Waals surface area contributed by atoms with Crippen LogP contribution in [0.2, 0.25) is 5.02 Å². The highest BCUT2D eigenvalue weighted by atomic mass is 35.5. The molecule has 1 atom stereocenters. The second kappa shape index (κ2) is 10.0. The number of amides is 2. The highest BCUT2D eigenvalue weighted by Crippen LogP contribution is 2.19. The third-order valence-electron chi connectivity index (χ3n) is 5.53. The zero-order valence-corrected chi connectivity index (χ0v) is 20.0. The summed E-state index contributed by atoms with van der Waals surface area (Å²) in [5.41, 5.74) is 1.40. The Morgan fingerprint density at radius 1 is 0.938 bits per heavy atom. The predicted octanol–water partition coefficient (Wildman–Crippen LogP) is 2.94. The first-order chi connectivity index (χ1) is 15.1. The largest absolute Gasteiger partial charge is 0.340 e. The van der Waals surface area contributed by atoms with E-state index in [2.05, 4.69) is 5.32 Å². The van der Waals surface area contributed by atoms with Crippen LogP contribution in [0.1, 0.15) is 29.8 Å². The summed E-state index contributed by atoms with van der Waals surface area (Å²) in [7, 11) is -3.61. The van der Waals surface area contributed by atoms with E-state index in [1.807, 2.05) is 20.8 Å². The summed E-state index contributed by atoms with van der Waals surface area (Å²) in [4.78, 5) is 27.6. The molecule has 0 radical (unpaired) electrons. The predicted molar refractivity (Wildman–Crippen MR) is 124 cm³/mol. The molecule has 32 heavy (non-hydrogen) atoms. The highest BCUT2D eigenvalue weighted by molar-refractivity contribution is 7.89. The van der Waals surface area contributed by atoms with Gasteiger partial charge in [-0.2, -0.15) is 4.31 Å². The van der Waals surface area contributed by atoms with Crippen molar-refractivity contribution in [2.24, 2.45) is 5.92 Å². The van der Waals surface area contributed by atoms with Crippen molar-refractivity contribution in [2.45, 2.75) is 31.7 Å². The number of sulfonamides is 1. The number of piperazine rings is 1. The molecule has 2 amide bonds. The Morgan fingerprint density at radius 2 is 1.50 bits per heavy atom. The van der Waals surface area contributed by atoms with Gasteiger partial charge >= 0.3 is 0 Å². The minimum atomic E-state index is -3.61. The smallest absolute Gasteiger partial charge is 0.251 e. The minimum absolute atomic E-state index is 0.131. The zero-order valence-electron chi connectivity index (χ0n) is 18.4. The first-order valence-corrected chi connectivity index (χ1v) is 12.3. The number of rotatable bonds is 6. The maximum absolute atomic E-state index is 13.1. The summed E-state index contributed by atoms with van der Waals surface area (Å²) in [6.45, 7) is 6.58. The second-order valence-electron chi connectivity index (χ2n) is 8.24. The van der Waals surface area contributed by atoms with Crippen molar-refractivity contribution in [3.63, 3.8) is 0 Å². The van der Waals surface area contributed by atoms with E-state index >= 15 is 0 Å². The summed E-state index contributed by atoms with van der Waals surface area (Å²) in [6.07, 6.45) is 0. The third kappa shape index (κ3) is 5.49. The van der Waals surface area contributed by atoms with Crippen molar-refractivity contribution in [3.05, 3.63) is 64.7 Å². The Balaban J connectivity index is 1.65. The van der Waals surface area contributed by atoms with Crippen molar-refractivity contribution in [2.75, 3.05) is 26.2 Å². The molecule has 0 bridgehead atoms. The van der Waals surface area contributed by atoms with E-state index in [0.717, 1.165) is 5.56 Å². The lowest BCUT2D eigenvalue weighted by Crippen LogP contribution is -2.57. The van der Waals surface area contributed by atoms with Gasteiger partial charge in [-0.05, 0) is 49.2 Å². The quantitative estimate of drug-likeness (QED) is 0.693. The maximum Gasteiger partial charge on any atom is 0.251 e. The Kier molecular flexibility index (Phi) is 7.59. The monoisotopic (exact) mass is 477 g/mol. The van der Waals surface area contributed by atoms with Crippen LogP contribution in [0.15, 0.2) is 53.4 Å². The fourth-order valence-electron chi connectivity index (χ4n) is 3.54. The lowest BCUT2D eigenvalue weighted by Gasteiger charge is -2.36. The molecule has 0 saturated carbocycles. The van der Waals surface area contributed by atoms with E-state index in [0.29, 0.717) is 10.6 Å². The first-order valence-electron chi connectivity index (χ1n) is 10.5. The number of nitrogens with zero attached hydrogens (tertiary/aromatic N) is 2. The van der Waals surface area contributed by atoms with Crippen LogP contribution in [0.5, 0.6) is 0 Å². The molecule has 7 nitrogen and oxygen atoms in total. The van der Waals surface area contributed by atoms with Gasteiger partial charge in [0.1, 0.15) is 6.04 Å². The number of benzene rings is 2. The van der Waals surface area contributed by atoms with Crippen molar-refractivity contribution >= 4 is 33.4 Å². The average Bonchev–Trinajstić information content (AvgIpc) is 2.77. The fourth-order valence-corrected chi connectivity index (χ4v) is 5.09. The molecule has 172 valence electrons. The van der Waals surface area contributed by atoms with Crippen molar-refractivity contribution in [1.82, 2.24) is 14.5 Å². The molecule has 1 aliphatic heterocycles. The summed E-state index contributed by atoms with van der Waals surface area (Å²) in [5.74, 6) is -0.697. The van der Waals surface area contributed by atoms with E-state index < -0.39 is 16.1 Å². The zero-order chi connectivity index (χ0) is 23.5. The number of nitrogens with one attached hydrogen (secondary N) is 1. The molecule has 2 aromatic carbocycles. The number of hydrogen-bond acceptors (Lipinski definition) is 4. The Morgan fingerprint density at radius 3 is 2.03 bits per heavy atom. The van der Waals surface area contributed by atoms with Crippen LogP contribution in [0.3, 0.4) is 0 Å². The standard InChI is InChI=1S/C23H28ClN3O4S/c1-16(2)21(25-22(28)18-6-8-19(24)9-7-18)23(29)26-12-14-27(15-13-26)32(30,31)20-10-4-17(3)5-11-20/h4-11,16,21H,12-15H2,1-3H3,(H,25,28)/t21-/m0/s1. The maximum atomic E-state index is 13.1. The lowest BCUT2D eigenvalue weighted by atomic mass is 10.0. The molecule has 1 saturated heterocycles. The number of hydrogen-bond donors (Lipinski definition) is 1. The topological polar surface area (TPSA) is 86.8 Å². The Hall–Kier alpha value is -2.42. The fraction of sp³-hybridized carbons (Fsp3) is 0.391. The van der Waals surface area contributed by atoms with Gasteiger partial charge in [0.05, 0.1) is 4.90 Å². The normalized spacial score (nSPS) is 16.1. The number of aryl methyl sites for hydroxylation is 1. The van der Waals surface area contributed by atoms with Crippen LogP contribution in [0.25, 0.3) is 0 Å². The molecule has 9 heteroatoms. The van der Waals surface area contributed by atoms with Crippen LogP contribution < -0.4 is 5.32 Å². The first kappa shape index (κ1) is 24.2. The Bertz CT molecular complexity index is 1060. The van der Waals surface area contributed by atoms with Gasteiger partial charge in [0.2, 0.25) is 15.9 Å². The van der Waals surface area contributed by atoms with E-state index in [1.165, 1.54) is 4.31 Å². The summed E-state index contributed by atoms with van der Waals surface area (Å²) >= 11 is 5.88. The summed E-state index contributed by atoms with van der Waals surface area (Å²) in [5, 5.41) is 3.34. The van der Waals surface area contributed by atoms with Crippen LogP contribution >= 0.6 is 11.6 Å². The number of carbonyl (C=O) groups is 2. The molecule has 1 aliphatic rings. The molecular weight excluding hydrogens is 450 g/mol. The molecule has 0 aliphatic carbocycles. The van der Waals surface area contributed by atoms with Crippen molar-refractivity contribution < 1.29 is 18.0 Å². The van der Waals surface area contributed by atoms with Crippen molar-refractivity contribution in [3.8, 4) is 0 Å². The van der Waals surface area contributed by atoms with Gasteiger partial charge in [0.15, 0.2) is 0 Å². The molecule has 3 rings (SSSR count). The molecular formula is C23H28ClN3O4S. The van der Waals surface area contributed by atoms with E-state index in [9.17, 15) is 18.0 Å². The van der Waals surface area contributed by atoms with Gasteiger partial charge in [-0.1, -0.05) is 43.1 Å². The van der Waals surface area contributed by atoms with Gasteiger partial charge in [-0.15, -0.1) is 0 Å². The molecule has 2 aromatic rings. The van der Waals surface area contributed by atoms with Gasteiger partial charge in [-0.25, -0.2) is 8.42 Å². The van der Waals surface area contributed by atoms with Crippen LogP contribution in [0.4, 0.5) is 0 Å². The van der Waals surface area contributed by atoms with Crippen LogP contribution in [-0.2, 0) is 14.8 Å². The van der Waals surface area contributed by atoms with E-state index in [1.54, 1.807) is 53.4 Å². The third-order valence-corrected chi connectivity index (χ3v) is 7.70. The summed E-state index contributed by atoms with van der Waals surface area (Å²) in [6, 6.07) is 12.5. The van der Waals surface area contributed by atoms with Gasteiger partial charge < -0.3 is 10.2 Å². The summed E-state index contributed by atoms with van der Waals surface area (Å²) < 4.78 is 27.2. The molecule has 1 N–H and O–H groups in total. The SMILES string of the molecule is Cc1ccc(S(=O)(=O)N2CCN(C(=O)[C@@H](NC(=O)c3ccc(Cl)cc3)C(C)C)CC2)cc1. The van der Waals surface area contributed by atoms with Crippen LogP contribution in [-0.4, -0.2) is 61.7 Å². The molecule has 0 unspecified atom stereocenters. The van der Waals surface area contributed by atoms with Gasteiger partial charge in [-0.3, -0.25) is 9.59 Å². The molecule has 0 spiro atoms. The highest BCUT2D eigenvalue weighted by Gasteiger charge is 2.34. The minimum Gasteiger partial charge on any atom is -0.340 e. The molecule has 0 aromatic heterocycles. The van der Waals surface area contributed by atoms with Gasteiger partial charge in [0.25, 0.3) is 5.91 Å². The van der Waals surface area contributed by atoms with E-state index in [4.69, 9.17) is 11.6 Å². The average molecular weight is 478 g/mol. The molecule has 1 heterocycles. The Labute approximate surface area is 194 Å². The van der Waals surface area contributed by atoms with Gasteiger partial charge in [0, 0.05) is 36.8 Å². The van der Waals surface area contributed by atoms with E-state index in [-0.39, 0.29) is 48.8 Å². The second-order valence-corrected chi connectivity index (χ2v) is 10.6. The molecule has 1 fully saturated rings. The number of carbonyl (C=O) groups excluding carboxylic acids is 2. The van der Waals surface area contributed by atoms with Crippen molar-refractivity contribution in [1.29, 1.82) is 0 Å². The number of halogens is 1. The lowest BCUT2D eigenvalue weighted by molar-refractivity contribution is -0.135. The van der Waals surface area contributed by atoms with Crippen LogP contribution in [0, 0.1) is 12.8 Å².